The van der Waals surface area contributed by atoms with Gasteiger partial charge in [0.25, 0.3) is 5.91 Å². The van der Waals surface area contributed by atoms with Crippen LogP contribution in [0.1, 0.15) is 15.9 Å². The second-order valence-electron chi connectivity index (χ2n) is 6.99. The smallest absolute Gasteiger partial charge is 0.257 e. The number of ether oxygens (including phenoxy) is 5. The van der Waals surface area contributed by atoms with Crippen molar-refractivity contribution in [1.29, 1.82) is 0 Å². The minimum Gasteiger partial charge on any atom is -0.493 e. The van der Waals surface area contributed by atoms with Gasteiger partial charge in [-0.2, -0.15) is 0 Å². The zero-order valence-electron chi connectivity index (χ0n) is 19.1. The number of anilines is 1. The maximum Gasteiger partial charge on any atom is 0.257 e. The van der Waals surface area contributed by atoms with Crippen LogP contribution in [0, 0.1) is 0 Å². The molecule has 0 fully saturated rings. The highest BCUT2D eigenvalue weighted by Gasteiger charge is 2.19. The largest absolute Gasteiger partial charge is 0.493 e. The predicted octanol–water partition coefficient (Wildman–Crippen LogP) is 2.95. The number of carbonyl (C=O) groups excluding carboxylic acids is 2. The summed E-state index contributed by atoms with van der Waals surface area (Å²) in [5.74, 6) is 2.04. The van der Waals surface area contributed by atoms with Crippen molar-refractivity contribution in [1.82, 2.24) is 15.5 Å². The predicted molar refractivity (Wildman–Crippen MR) is 129 cm³/mol. The zero-order chi connectivity index (χ0) is 24.8. The lowest BCUT2D eigenvalue weighted by Gasteiger charge is -2.13. The van der Waals surface area contributed by atoms with Crippen molar-refractivity contribution < 1.29 is 33.3 Å². The molecule has 0 saturated carbocycles. The number of fused-ring (bicyclic) bond motifs is 1. The van der Waals surface area contributed by atoms with Crippen molar-refractivity contribution in [2.75, 3.05) is 39.2 Å². The van der Waals surface area contributed by atoms with Gasteiger partial charge in [0.2, 0.25) is 23.6 Å². The molecule has 11 nitrogen and oxygen atoms in total. The van der Waals surface area contributed by atoms with E-state index in [1.165, 1.54) is 45.2 Å². The van der Waals surface area contributed by atoms with Gasteiger partial charge < -0.3 is 29.0 Å². The van der Waals surface area contributed by atoms with Crippen LogP contribution in [-0.2, 0) is 11.3 Å². The van der Waals surface area contributed by atoms with E-state index >= 15 is 0 Å². The number of hydrogen-bond donors (Lipinski definition) is 2. The van der Waals surface area contributed by atoms with Crippen molar-refractivity contribution in [2.45, 2.75) is 10.9 Å². The van der Waals surface area contributed by atoms with E-state index in [4.69, 9.17) is 23.7 Å². The normalized spacial score (nSPS) is 11.6. The van der Waals surface area contributed by atoms with E-state index < -0.39 is 5.91 Å². The summed E-state index contributed by atoms with van der Waals surface area (Å²) in [5.41, 5.74) is 1.20. The Morgan fingerprint density at radius 1 is 1.03 bits per heavy atom. The molecule has 1 aliphatic rings. The van der Waals surface area contributed by atoms with E-state index in [9.17, 15) is 9.59 Å². The van der Waals surface area contributed by atoms with Gasteiger partial charge >= 0.3 is 0 Å². The minimum absolute atomic E-state index is 0.153. The Bertz CT molecular complexity index is 1210. The van der Waals surface area contributed by atoms with E-state index in [1.54, 1.807) is 0 Å². The molecule has 0 unspecified atom stereocenters. The number of amides is 2. The number of nitrogens with one attached hydrogen (secondary N) is 2. The fourth-order valence-electron chi connectivity index (χ4n) is 3.13. The standard InChI is InChI=1S/C22H22N4O7S2/c1-29-16-7-13(8-17(30-2)19(16)31-3)20(28)24-21-25-26-22(35-21)34-10-18(27)23-9-12-4-5-14-15(6-12)33-11-32-14/h4-8H,9-11H2,1-3H3,(H,23,27)(H,24,25,28). The summed E-state index contributed by atoms with van der Waals surface area (Å²) in [5, 5.41) is 13.8. The average Bonchev–Trinajstić information content (AvgIpc) is 3.54. The van der Waals surface area contributed by atoms with Gasteiger partial charge in [-0.15, -0.1) is 10.2 Å². The van der Waals surface area contributed by atoms with Gasteiger partial charge in [0.15, 0.2) is 27.3 Å². The van der Waals surface area contributed by atoms with Gasteiger partial charge in [-0.3, -0.25) is 14.9 Å². The van der Waals surface area contributed by atoms with Crippen LogP contribution >= 0.6 is 23.1 Å². The van der Waals surface area contributed by atoms with E-state index in [2.05, 4.69) is 20.8 Å². The van der Waals surface area contributed by atoms with Gasteiger partial charge in [-0.25, -0.2) is 0 Å². The first-order chi connectivity index (χ1) is 17.0. The third-order valence-corrected chi connectivity index (χ3v) is 6.78. The summed E-state index contributed by atoms with van der Waals surface area (Å²) in [6, 6.07) is 8.60. The molecular formula is C22H22N4O7S2. The Balaban J connectivity index is 1.29. The molecule has 1 aromatic heterocycles. The third-order valence-electron chi connectivity index (χ3n) is 4.81. The number of hydrogen-bond acceptors (Lipinski definition) is 11. The molecule has 0 atom stereocenters. The lowest BCUT2D eigenvalue weighted by Crippen LogP contribution is -2.24. The summed E-state index contributed by atoms with van der Waals surface area (Å²) in [6.07, 6.45) is 0. The Labute approximate surface area is 209 Å². The van der Waals surface area contributed by atoms with Gasteiger partial charge in [0.1, 0.15) is 0 Å². The zero-order valence-corrected chi connectivity index (χ0v) is 20.7. The second-order valence-corrected chi connectivity index (χ2v) is 9.19. The molecule has 2 heterocycles. The van der Waals surface area contributed by atoms with Crippen LogP contribution in [0.2, 0.25) is 0 Å². The fourth-order valence-corrected chi connectivity index (χ4v) is 4.71. The molecule has 0 spiro atoms. The highest BCUT2D eigenvalue weighted by atomic mass is 32.2. The summed E-state index contributed by atoms with van der Waals surface area (Å²) in [6.45, 7) is 0.566. The number of nitrogens with zero attached hydrogens (tertiary/aromatic N) is 2. The topological polar surface area (TPSA) is 130 Å². The Kier molecular flexibility index (Phi) is 7.77. The molecule has 3 aromatic rings. The van der Waals surface area contributed by atoms with E-state index in [0.29, 0.717) is 50.3 Å². The summed E-state index contributed by atoms with van der Waals surface area (Å²) >= 11 is 2.39. The number of rotatable bonds is 10. The van der Waals surface area contributed by atoms with Crippen molar-refractivity contribution in [2.24, 2.45) is 0 Å². The quantitative estimate of drug-likeness (QED) is 0.305. The Hall–Kier alpha value is -3.71. The van der Waals surface area contributed by atoms with Crippen molar-refractivity contribution in [3.63, 3.8) is 0 Å². The maximum absolute atomic E-state index is 12.7. The van der Waals surface area contributed by atoms with Crippen LogP contribution in [0.3, 0.4) is 0 Å². The number of carbonyl (C=O) groups is 2. The fraction of sp³-hybridized carbons (Fsp3) is 0.273. The van der Waals surface area contributed by atoms with Crippen LogP contribution in [0.4, 0.5) is 5.13 Å². The lowest BCUT2D eigenvalue weighted by atomic mass is 10.1. The number of methoxy groups -OCH3 is 3. The molecule has 0 aliphatic carbocycles. The number of aromatic nitrogens is 2. The number of benzene rings is 2. The lowest BCUT2D eigenvalue weighted by molar-refractivity contribution is -0.118. The van der Waals surface area contributed by atoms with Crippen LogP contribution in [0.15, 0.2) is 34.7 Å². The van der Waals surface area contributed by atoms with Gasteiger partial charge in [-0.1, -0.05) is 29.2 Å². The Morgan fingerprint density at radius 2 is 1.77 bits per heavy atom. The molecule has 0 radical (unpaired) electrons. The minimum atomic E-state index is -0.418. The summed E-state index contributed by atoms with van der Waals surface area (Å²) in [4.78, 5) is 24.9. The van der Waals surface area contributed by atoms with E-state index in [-0.39, 0.29) is 18.5 Å². The van der Waals surface area contributed by atoms with Gasteiger partial charge in [0, 0.05) is 12.1 Å². The van der Waals surface area contributed by atoms with Crippen LogP contribution in [-0.4, -0.2) is 55.9 Å². The second kappa shape index (κ2) is 11.1. The molecule has 4 rings (SSSR count). The molecule has 2 N–H and O–H groups in total. The molecule has 2 aromatic carbocycles. The molecular weight excluding hydrogens is 496 g/mol. The van der Waals surface area contributed by atoms with Crippen molar-refractivity contribution >= 4 is 40.0 Å². The van der Waals surface area contributed by atoms with Crippen LogP contribution in [0.5, 0.6) is 28.7 Å². The molecule has 1 aliphatic heterocycles. The van der Waals surface area contributed by atoms with Crippen LogP contribution < -0.4 is 34.3 Å². The van der Waals surface area contributed by atoms with Crippen molar-refractivity contribution in [3.05, 3.63) is 41.5 Å². The molecule has 2 amide bonds. The molecule has 0 bridgehead atoms. The maximum atomic E-state index is 12.7. The monoisotopic (exact) mass is 518 g/mol. The van der Waals surface area contributed by atoms with E-state index in [1.807, 2.05) is 18.2 Å². The molecule has 13 heteroatoms. The summed E-state index contributed by atoms with van der Waals surface area (Å²) in [7, 11) is 4.43. The average molecular weight is 519 g/mol. The SMILES string of the molecule is COc1cc(C(=O)Nc2nnc(SCC(=O)NCc3ccc4c(c3)OCO4)s2)cc(OC)c1OC. The number of thioether (sulfide) groups is 1. The molecule has 35 heavy (non-hydrogen) atoms. The van der Waals surface area contributed by atoms with E-state index in [0.717, 1.165) is 16.9 Å². The first-order valence-corrected chi connectivity index (χ1v) is 12.0. The Morgan fingerprint density at radius 3 is 2.49 bits per heavy atom. The molecule has 184 valence electrons. The third kappa shape index (κ3) is 5.87. The first kappa shape index (κ1) is 24.4. The highest BCUT2D eigenvalue weighted by molar-refractivity contribution is 8.01. The van der Waals surface area contributed by atoms with Crippen LogP contribution in [0.25, 0.3) is 0 Å². The molecule has 0 saturated heterocycles. The summed E-state index contributed by atoms with van der Waals surface area (Å²) < 4.78 is 27.0. The van der Waals surface area contributed by atoms with Gasteiger partial charge in [0.05, 0.1) is 27.1 Å². The van der Waals surface area contributed by atoms with Crippen molar-refractivity contribution in [3.8, 4) is 28.7 Å². The van der Waals surface area contributed by atoms with Gasteiger partial charge in [-0.05, 0) is 29.8 Å². The highest BCUT2D eigenvalue weighted by Crippen LogP contribution is 2.38. The first-order valence-electron chi connectivity index (χ1n) is 10.2.